The van der Waals surface area contributed by atoms with E-state index in [-0.39, 0.29) is 6.10 Å². The van der Waals surface area contributed by atoms with Crippen molar-refractivity contribution in [2.24, 2.45) is 11.8 Å². The summed E-state index contributed by atoms with van der Waals surface area (Å²) in [5.74, 6) is 1.69. The van der Waals surface area contributed by atoms with Gasteiger partial charge in [0.05, 0.1) is 6.10 Å². The van der Waals surface area contributed by atoms with Gasteiger partial charge in [0.25, 0.3) is 0 Å². The Hall–Kier alpha value is -0.0800. The van der Waals surface area contributed by atoms with Crippen LogP contribution in [0.5, 0.6) is 0 Å². The second-order valence-corrected chi connectivity index (χ2v) is 5.61. The van der Waals surface area contributed by atoms with Gasteiger partial charge in [-0.05, 0) is 44.1 Å². The van der Waals surface area contributed by atoms with Gasteiger partial charge in [-0.2, -0.15) is 0 Å². The minimum Gasteiger partial charge on any atom is -0.391 e. The third-order valence-electron chi connectivity index (χ3n) is 4.39. The van der Waals surface area contributed by atoms with Crippen LogP contribution in [0.1, 0.15) is 46.0 Å². The van der Waals surface area contributed by atoms with Crippen LogP contribution in [-0.2, 0) is 0 Å². The van der Waals surface area contributed by atoms with Crippen LogP contribution < -0.4 is 0 Å². The summed E-state index contributed by atoms with van der Waals surface area (Å²) in [6.45, 7) is 7.02. The molecule has 4 atom stereocenters. The first kappa shape index (κ1) is 11.4. The van der Waals surface area contributed by atoms with Crippen molar-refractivity contribution < 1.29 is 5.11 Å². The van der Waals surface area contributed by atoms with Crippen molar-refractivity contribution in [1.29, 1.82) is 0 Å². The Morgan fingerprint density at radius 2 is 2.07 bits per heavy atom. The summed E-state index contributed by atoms with van der Waals surface area (Å²) < 4.78 is 0. The van der Waals surface area contributed by atoms with Crippen molar-refractivity contribution in [3.8, 4) is 0 Å². The molecule has 2 rings (SSSR count). The first-order valence-electron chi connectivity index (χ1n) is 6.62. The van der Waals surface area contributed by atoms with E-state index in [9.17, 15) is 5.11 Å². The van der Waals surface area contributed by atoms with E-state index in [1.807, 2.05) is 0 Å². The van der Waals surface area contributed by atoms with E-state index >= 15 is 0 Å². The molecule has 1 saturated heterocycles. The average Bonchev–Trinajstić information content (AvgIpc) is 2.65. The molecule has 15 heavy (non-hydrogen) atoms. The molecule has 0 aromatic heterocycles. The molecule has 1 N–H and O–H groups in total. The zero-order valence-corrected chi connectivity index (χ0v) is 10.2. The summed E-state index contributed by atoms with van der Waals surface area (Å²) in [4.78, 5) is 2.54. The minimum absolute atomic E-state index is 0.0573. The second kappa shape index (κ2) is 4.84. The molecule has 0 spiro atoms. The SMILES string of the molecule is CCC1CCC(O)C(N2CCC(C)C2)C1. The summed E-state index contributed by atoms with van der Waals surface area (Å²) in [6, 6.07) is 0.466. The average molecular weight is 211 g/mol. The van der Waals surface area contributed by atoms with Gasteiger partial charge in [-0.25, -0.2) is 0 Å². The highest BCUT2D eigenvalue weighted by atomic mass is 16.3. The molecule has 88 valence electrons. The van der Waals surface area contributed by atoms with Crippen LogP contribution in [-0.4, -0.2) is 35.2 Å². The summed E-state index contributed by atoms with van der Waals surface area (Å²) >= 11 is 0. The van der Waals surface area contributed by atoms with E-state index in [2.05, 4.69) is 18.7 Å². The van der Waals surface area contributed by atoms with Crippen molar-refractivity contribution in [3.63, 3.8) is 0 Å². The third kappa shape index (κ3) is 2.54. The molecular weight excluding hydrogens is 186 g/mol. The van der Waals surface area contributed by atoms with Crippen molar-refractivity contribution in [2.75, 3.05) is 13.1 Å². The van der Waals surface area contributed by atoms with Crippen LogP contribution in [0.4, 0.5) is 0 Å². The maximum Gasteiger partial charge on any atom is 0.0695 e. The van der Waals surface area contributed by atoms with Gasteiger partial charge in [0.2, 0.25) is 0 Å². The predicted molar refractivity (Wildman–Crippen MR) is 62.8 cm³/mol. The van der Waals surface area contributed by atoms with Crippen molar-refractivity contribution >= 4 is 0 Å². The largest absolute Gasteiger partial charge is 0.391 e. The molecule has 0 bridgehead atoms. The van der Waals surface area contributed by atoms with E-state index in [1.54, 1.807) is 0 Å². The summed E-state index contributed by atoms with van der Waals surface area (Å²) in [5, 5.41) is 10.1. The van der Waals surface area contributed by atoms with Crippen LogP contribution in [0.15, 0.2) is 0 Å². The smallest absolute Gasteiger partial charge is 0.0695 e. The fourth-order valence-corrected chi connectivity index (χ4v) is 3.25. The Morgan fingerprint density at radius 1 is 1.27 bits per heavy atom. The van der Waals surface area contributed by atoms with Gasteiger partial charge >= 0.3 is 0 Å². The third-order valence-corrected chi connectivity index (χ3v) is 4.39. The zero-order chi connectivity index (χ0) is 10.8. The van der Waals surface area contributed by atoms with E-state index in [1.165, 1.54) is 38.8 Å². The van der Waals surface area contributed by atoms with Crippen molar-refractivity contribution in [2.45, 2.75) is 58.1 Å². The molecule has 4 unspecified atom stereocenters. The lowest BCUT2D eigenvalue weighted by Gasteiger charge is -2.38. The predicted octanol–water partition coefficient (Wildman–Crippen LogP) is 2.27. The molecule has 0 radical (unpaired) electrons. The van der Waals surface area contributed by atoms with E-state index in [0.29, 0.717) is 6.04 Å². The zero-order valence-electron chi connectivity index (χ0n) is 10.2. The summed E-state index contributed by atoms with van der Waals surface area (Å²) in [5.41, 5.74) is 0. The molecule has 2 aliphatic rings. The lowest BCUT2D eigenvalue weighted by atomic mass is 9.82. The number of hydrogen-bond acceptors (Lipinski definition) is 2. The van der Waals surface area contributed by atoms with Gasteiger partial charge in [-0.15, -0.1) is 0 Å². The maximum absolute atomic E-state index is 10.1. The monoisotopic (exact) mass is 211 g/mol. The molecule has 2 fully saturated rings. The standard InChI is InChI=1S/C13H25NO/c1-3-11-4-5-13(15)12(8-11)14-7-6-10(2)9-14/h10-13,15H,3-9H2,1-2H3. The van der Waals surface area contributed by atoms with E-state index in [4.69, 9.17) is 0 Å². The number of rotatable bonds is 2. The first-order chi connectivity index (χ1) is 7.20. The first-order valence-corrected chi connectivity index (χ1v) is 6.62. The molecule has 0 aromatic rings. The number of aliphatic hydroxyl groups is 1. The highest BCUT2D eigenvalue weighted by Gasteiger charge is 2.35. The minimum atomic E-state index is -0.0573. The topological polar surface area (TPSA) is 23.5 Å². The molecule has 2 heteroatoms. The Morgan fingerprint density at radius 3 is 2.67 bits per heavy atom. The number of nitrogens with zero attached hydrogens (tertiary/aromatic N) is 1. The Kier molecular flexibility index (Phi) is 3.68. The van der Waals surface area contributed by atoms with Gasteiger partial charge in [0.1, 0.15) is 0 Å². The fourth-order valence-electron chi connectivity index (χ4n) is 3.25. The Balaban J connectivity index is 1.93. The van der Waals surface area contributed by atoms with Gasteiger partial charge in [-0.3, -0.25) is 4.90 Å². The molecular formula is C13H25NO. The quantitative estimate of drug-likeness (QED) is 0.757. The summed E-state index contributed by atoms with van der Waals surface area (Å²) in [7, 11) is 0. The van der Waals surface area contributed by atoms with Gasteiger partial charge < -0.3 is 5.11 Å². The number of likely N-dealkylation sites (tertiary alicyclic amines) is 1. The lowest BCUT2D eigenvalue weighted by molar-refractivity contribution is 0.0113. The highest BCUT2D eigenvalue weighted by molar-refractivity contribution is 4.89. The van der Waals surface area contributed by atoms with Crippen LogP contribution in [0.3, 0.4) is 0 Å². The van der Waals surface area contributed by atoms with Crippen LogP contribution >= 0.6 is 0 Å². The normalized spacial score (nSPS) is 43.4. The van der Waals surface area contributed by atoms with Crippen LogP contribution in [0, 0.1) is 11.8 Å². The van der Waals surface area contributed by atoms with Crippen molar-refractivity contribution in [1.82, 2.24) is 4.90 Å². The lowest BCUT2D eigenvalue weighted by Crippen LogP contribution is -2.46. The number of hydrogen-bond donors (Lipinski definition) is 1. The molecule has 0 aromatic carbocycles. The highest BCUT2D eigenvalue weighted by Crippen LogP contribution is 2.32. The maximum atomic E-state index is 10.1. The fraction of sp³-hybridized carbons (Fsp3) is 1.00. The second-order valence-electron chi connectivity index (χ2n) is 5.61. The number of aliphatic hydroxyl groups excluding tert-OH is 1. The van der Waals surface area contributed by atoms with Crippen molar-refractivity contribution in [3.05, 3.63) is 0 Å². The van der Waals surface area contributed by atoms with Gasteiger partial charge in [0.15, 0.2) is 0 Å². The molecule has 1 aliphatic heterocycles. The molecule has 0 amide bonds. The van der Waals surface area contributed by atoms with E-state index in [0.717, 1.165) is 18.3 Å². The van der Waals surface area contributed by atoms with Crippen LogP contribution in [0.2, 0.25) is 0 Å². The van der Waals surface area contributed by atoms with Gasteiger partial charge in [-0.1, -0.05) is 20.3 Å². The van der Waals surface area contributed by atoms with Crippen LogP contribution in [0.25, 0.3) is 0 Å². The molecule has 1 heterocycles. The Labute approximate surface area is 93.7 Å². The molecule has 1 aliphatic carbocycles. The van der Waals surface area contributed by atoms with E-state index < -0.39 is 0 Å². The van der Waals surface area contributed by atoms with Gasteiger partial charge in [0, 0.05) is 12.6 Å². The molecule has 2 nitrogen and oxygen atoms in total. The Bertz CT molecular complexity index is 207. The molecule has 1 saturated carbocycles. The summed E-state index contributed by atoms with van der Waals surface area (Å²) in [6.07, 6.45) is 6.03.